The van der Waals surface area contributed by atoms with Gasteiger partial charge in [0.05, 0.1) is 17.7 Å². The molecule has 0 aromatic heterocycles. The first kappa shape index (κ1) is 19.5. The third-order valence-corrected chi connectivity index (χ3v) is 5.78. The average Bonchev–Trinajstić information content (AvgIpc) is 2.83. The Labute approximate surface area is 160 Å². The predicted molar refractivity (Wildman–Crippen MR) is 105 cm³/mol. The number of carbonyl (C=O) groups excluding carboxylic acids is 3. The Morgan fingerprint density at radius 3 is 2.48 bits per heavy atom. The molecule has 2 aliphatic rings. The Kier molecular flexibility index (Phi) is 5.38. The molecule has 0 radical (unpaired) electrons. The average molecular weight is 371 g/mol. The highest BCUT2D eigenvalue weighted by Crippen LogP contribution is 2.37. The van der Waals surface area contributed by atoms with Crippen LogP contribution in [0.25, 0.3) is 0 Å². The van der Waals surface area contributed by atoms with Crippen molar-refractivity contribution in [1.29, 1.82) is 0 Å². The van der Waals surface area contributed by atoms with Crippen molar-refractivity contribution in [2.45, 2.75) is 52.5 Å². The molecule has 0 saturated heterocycles. The zero-order valence-corrected chi connectivity index (χ0v) is 16.6. The summed E-state index contributed by atoms with van der Waals surface area (Å²) in [5.41, 5.74) is 1.48. The lowest BCUT2D eigenvalue weighted by atomic mass is 9.69. The highest BCUT2D eigenvalue weighted by Gasteiger charge is 2.34. The number of nitrogens with one attached hydrogen (secondary N) is 2. The summed E-state index contributed by atoms with van der Waals surface area (Å²) in [7, 11) is 1.46. The van der Waals surface area contributed by atoms with Gasteiger partial charge in [0.15, 0.2) is 0 Å². The van der Waals surface area contributed by atoms with E-state index in [2.05, 4.69) is 31.4 Å². The normalized spacial score (nSPS) is 22.7. The van der Waals surface area contributed by atoms with Crippen molar-refractivity contribution in [3.63, 3.8) is 0 Å². The van der Waals surface area contributed by atoms with Gasteiger partial charge in [-0.1, -0.05) is 33.6 Å². The zero-order chi connectivity index (χ0) is 19.8. The van der Waals surface area contributed by atoms with Crippen molar-refractivity contribution in [3.05, 3.63) is 29.3 Å². The van der Waals surface area contributed by atoms with Crippen LogP contribution in [-0.2, 0) is 4.79 Å². The van der Waals surface area contributed by atoms with E-state index in [0.717, 1.165) is 11.3 Å². The van der Waals surface area contributed by atoms with Crippen LogP contribution in [0.3, 0.4) is 0 Å². The zero-order valence-electron chi connectivity index (χ0n) is 16.6. The second-order valence-corrected chi connectivity index (χ2v) is 8.72. The van der Waals surface area contributed by atoms with E-state index in [9.17, 15) is 14.4 Å². The molecule has 146 valence electrons. The van der Waals surface area contributed by atoms with Gasteiger partial charge in [-0.15, -0.1) is 0 Å². The molecule has 1 aromatic rings. The molecule has 1 heterocycles. The fraction of sp³-hybridized carbons (Fsp3) is 0.571. The minimum Gasteiger partial charge on any atom is -0.325 e. The molecule has 6 heteroatoms. The molecule has 1 aromatic carbocycles. The molecular weight excluding hydrogens is 342 g/mol. The number of fused-ring (bicyclic) bond motifs is 1. The van der Waals surface area contributed by atoms with Gasteiger partial charge in [-0.2, -0.15) is 0 Å². The molecule has 27 heavy (non-hydrogen) atoms. The summed E-state index contributed by atoms with van der Waals surface area (Å²) in [6.07, 6.45) is 4.73. The minimum absolute atomic E-state index is 0.140. The van der Waals surface area contributed by atoms with E-state index >= 15 is 0 Å². The fourth-order valence-corrected chi connectivity index (χ4v) is 4.28. The lowest BCUT2D eigenvalue weighted by Crippen LogP contribution is -2.46. The molecule has 1 saturated carbocycles. The van der Waals surface area contributed by atoms with E-state index in [1.54, 1.807) is 18.2 Å². The fourth-order valence-electron chi connectivity index (χ4n) is 4.28. The number of hydrogen-bond donors (Lipinski definition) is 2. The predicted octanol–water partition coefficient (Wildman–Crippen LogP) is 3.05. The maximum absolute atomic E-state index is 12.4. The van der Waals surface area contributed by atoms with E-state index in [-0.39, 0.29) is 29.7 Å². The van der Waals surface area contributed by atoms with Gasteiger partial charge >= 0.3 is 0 Å². The molecule has 2 N–H and O–H groups in total. The van der Waals surface area contributed by atoms with Crippen LogP contribution in [0.4, 0.5) is 5.69 Å². The van der Waals surface area contributed by atoms with Crippen molar-refractivity contribution in [1.82, 2.24) is 10.2 Å². The molecule has 1 fully saturated rings. The molecular formula is C21H29N3O3. The van der Waals surface area contributed by atoms with E-state index in [1.807, 2.05) is 0 Å². The molecule has 2 atom stereocenters. The minimum atomic E-state index is -0.334. The van der Waals surface area contributed by atoms with Crippen LogP contribution in [0, 0.1) is 11.3 Å². The molecule has 3 amide bonds. The van der Waals surface area contributed by atoms with Gasteiger partial charge < -0.3 is 10.6 Å². The monoisotopic (exact) mass is 371 g/mol. The van der Waals surface area contributed by atoms with E-state index in [4.69, 9.17) is 0 Å². The number of carbonyl (C=O) groups is 3. The van der Waals surface area contributed by atoms with Gasteiger partial charge in [0, 0.05) is 18.8 Å². The third kappa shape index (κ3) is 4.05. The number of hydrogen-bond acceptors (Lipinski definition) is 4. The lowest BCUT2D eigenvalue weighted by Gasteiger charge is -2.40. The largest absolute Gasteiger partial charge is 0.325 e. The molecule has 2 unspecified atom stereocenters. The van der Waals surface area contributed by atoms with Crippen LogP contribution in [0.15, 0.2) is 18.2 Å². The van der Waals surface area contributed by atoms with Gasteiger partial charge in [0.1, 0.15) is 0 Å². The molecule has 1 aliphatic carbocycles. The Bertz CT molecular complexity index is 766. The van der Waals surface area contributed by atoms with Crippen molar-refractivity contribution >= 4 is 23.4 Å². The highest BCUT2D eigenvalue weighted by molar-refractivity contribution is 6.21. The van der Waals surface area contributed by atoms with Crippen molar-refractivity contribution in [2.24, 2.45) is 11.3 Å². The van der Waals surface area contributed by atoms with Crippen molar-refractivity contribution in [3.8, 4) is 0 Å². The summed E-state index contributed by atoms with van der Waals surface area (Å²) in [4.78, 5) is 37.5. The van der Waals surface area contributed by atoms with Gasteiger partial charge in [-0.3, -0.25) is 19.3 Å². The van der Waals surface area contributed by atoms with Gasteiger partial charge in [-0.05, 0) is 42.4 Å². The number of benzene rings is 1. The first-order valence-corrected chi connectivity index (χ1v) is 9.68. The Morgan fingerprint density at radius 1 is 1.11 bits per heavy atom. The highest BCUT2D eigenvalue weighted by atomic mass is 16.2. The number of nitrogens with zero attached hydrogens (tertiary/aromatic N) is 1. The summed E-state index contributed by atoms with van der Waals surface area (Å²) < 4.78 is 0. The van der Waals surface area contributed by atoms with Crippen molar-refractivity contribution in [2.75, 3.05) is 18.9 Å². The Hall–Kier alpha value is -2.21. The maximum atomic E-state index is 12.4. The first-order chi connectivity index (χ1) is 12.7. The third-order valence-electron chi connectivity index (χ3n) is 5.78. The number of amides is 3. The number of imide groups is 1. The first-order valence-electron chi connectivity index (χ1n) is 9.68. The molecule has 6 nitrogen and oxygen atoms in total. The smallest absolute Gasteiger partial charge is 0.261 e. The number of anilines is 1. The van der Waals surface area contributed by atoms with Crippen LogP contribution in [0.2, 0.25) is 0 Å². The van der Waals surface area contributed by atoms with Crippen LogP contribution in [0.1, 0.15) is 67.2 Å². The molecule has 0 bridgehead atoms. The Balaban J connectivity index is 1.60. The van der Waals surface area contributed by atoms with Gasteiger partial charge in [-0.25, -0.2) is 0 Å². The van der Waals surface area contributed by atoms with Gasteiger partial charge in [0.25, 0.3) is 11.8 Å². The van der Waals surface area contributed by atoms with Crippen LogP contribution < -0.4 is 10.6 Å². The Morgan fingerprint density at radius 2 is 1.78 bits per heavy atom. The molecule has 3 rings (SSSR count). The quantitative estimate of drug-likeness (QED) is 0.798. The molecule has 1 aliphatic heterocycles. The lowest BCUT2D eigenvalue weighted by molar-refractivity contribution is -0.115. The topological polar surface area (TPSA) is 78.5 Å². The van der Waals surface area contributed by atoms with E-state index in [0.29, 0.717) is 28.8 Å². The van der Waals surface area contributed by atoms with Crippen LogP contribution >= 0.6 is 0 Å². The van der Waals surface area contributed by atoms with E-state index < -0.39 is 0 Å². The molecule has 0 spiro atoms. The summed E-state index contributed by atoms with van der Waals surface area (Å²) >= 11 is 0. The SMILES string of the molecule is CN1C(=O)c2ccc(NC(=O)CNC3CCCCC3C(C)(C)C)cc2C1=O. The summed E-state index contributed by atoms with van der Waals surface area (Å²) in [6, 6.07) is 5.19. The van der Waals surface area contributed by atoms with Crippen LogP contribution in [0.5, 0.6) is 0 Å². The van der Waals surface area contributed by atoms with E-state index in [1.165, 1.54) is 26.3 Å². The maximum Gasteiger partial charge on any atom is 0.261 e. The summed E-state index contributed by atoms with van der Waals surface area (Å²) in [6.45, 7) is 7.02. The standard InChI is InChI=1S/C21H29N3O3/c1-21(2,3)16-7-5-6-8-17(16)22-12-18(25)23-13-9-10-14-15(11-13)20(27)24(4)19(14)26/h9-11,16-17,22H,5-8,12H2,1-4H3,(H,23,25). The number of rotatable bonds is 4. The van der Waals surface area contributed by atoms with Crippen molar-refractivity contribution < 1.29 is 14.4 Å². The van der Waals surface area contributed by atoms with Crippen LogP contribution in [-0.4, -0.2) is 42.3 Å². The summed E-state index contributed by atoms with van der Waals surface area (Å²) in [5, 5.41) is 6.26. The second-order valence-electron chi connectivity index (χ2n) is 8.72. The second kappa shape index (κ2) is 7.43. The summed E-state index contributed by atoms with van der Waals surface area (Å²) in [5.74, 6) is -0.226. The van der Waals surface area contributed by atoms with Gasteiger partial charge in [0.2, 0.25) is 5.91 Å².